The predicted octanol–water partition coefficient (Wildman–Crippen LogP) is 2.89. The highest BCUT2D eigenvalue weighted by Gasteiger charge is 2.20. The van der Waals surface area contributed by atoms with E-state index in [2.05, 4.69) is 10.3 Å². The van der Waals surface area contributed by atoms with E-state index in [0.717, 1.165) is 5.56 Å². The van der Waals surface area contributed by atoms with Gasteiger partial charge in [-0.2, -0.15) is 0 Å². The van der Waals surface area contributed by atoms with Crippen LogP contribution in [0, 0.1) is 0 Å². The third-order valence-electron chi connectivity index (χ3n) is 5.20. The van der Waals surface area contributed by atoms with Crippen molar-refractivity contribution in [3.8, 4) is 11.4 Å². The summed E-state index contributed by atoms with van der Waals surface area (Å²) in [5.41, 5.74) is 1.82. The number of para-hydroxylation sites is 1. The van der Waals surface area contributed by atoms with Gasteiger partial charge in [-0.25, -0.2) is 4.98 Å². The highest BCUT2D eigenvalue weighted by Crippen LogP contribution is 2.29. The first-order valence-corrected chi connectivity index (χ1v) is 10.3. The molecule has 2 heterocycles. The number of rotatable bonds is 7. The van der Waals surface area contributed by atoms with Gasteiger partial charge in [0.1, 0.15) is 0 Å². The van der Waals surface area contributed by atoms with Crippen molar-refractivity contribution in [1.29, 1.82) is 0 Å². The minimum Gasteiger partial charge on any atom is -0.505 e. The highest BCUT2D eigenvalue weighted by molar-refractivity contribution is 6.01. The monoisotopic (exact) mass is 443 g/mol. The number of carboxylic acid groups (broad SMARTS) is 1. The Bertz CT molecular complexity index is 1380. The Kier molecular flexibility index (Phi) is 6.17. The zero-order valence-electron chi connectivity index (χ0n) is 17.6. The Morgan fingerprint density at radius 3 is 2.33 bits per heavy atom. The van der Waals surface area contributed by atoms with E-state index in [-0.39, 0.29) is 30.0 Å². The maximum atomic E-state index is 13.4. The Hall–Kier alpha value is -4.46. The molecule has 0 saturated carbocycles. The van der Waals surface area contributed by atoms with Gasteiger partial charge in [0.05, 0.1) is 18.1 Å². The number of aromatic nitrogens is 2. The Morgan fingerprint density at radius 1 is 1.00 bits per heavy atom. The zero-order chi connectivity index (χ0) is 23.4. The fraction of sp³-hybridized carbons (Fsp3) is 0.120. The highest BCUT2D eigenvalue weighted by atomic mass is 16.4. The van der Waals surface area contributed by atoms with Crippen LogP contribution in [0.25, 0.3) is 16.6 Å². The number of amides is 1. The van der Waals surface area contributed by atoms with Crippen molar-refractivity contribution in [1.82, 2.24) is 14.9 Å². The molecule has 33 heavy (non-hydrogen) atoms. The number of pyridine rings is 2. The van der Waals surface area contributed by atoms with E-state index in [4.69, 9.17) is 5.11 Å². The quantitative estimate of drug-likeness (QED) is 0.404. The second-order valence-electron chi connectivity index (χ2n) is 7.46. The van der Waals surface area contributed by atoms with Crippen LogP contribution >= 0.6 is 0 Å². The molecule has 0 saturated heterocycles. The molecule has 3 N–H and O–H groups in total. The van der Waals surface area contributed by atoms with Crippen LogP contribution in [-0.4, -0.2) is 38.2 Å². The Morgan fingerprint density at radius 2 is 1.67 bits per heavy atom. The largest absolute Gasteiger partial charge is 0.505 e. The molecule has 0 bridgehead atoms. The molecule has 166 valence electrons. The van der Waals surface area contributed by atoms with E-state index >= 15 is 0 Å². The zero-order valence-corrected chi connectivity index (χ0v) is 17.6. The molecule has 8 nitrogen and oxygen atoms in total. The summed E-state index contributed by atoms with van der Waals surface area (Å²) in [6, 6.07) is 20.0. The summed E-state index contributed by atoms with van der Waals surface area (Å²) in [4.78, 5) is 40.7. The minimum atomic E-state index is -1.05. The molecule has 1 amide bonds. The molecule has 0 atom stereocenters. The van der Waals surface area contributed by atoms with Crippen LogP contribution < -0.4 is 10.9 Å². The molecular weight excluding hydrogens is 422 g/mol. The van der Waals surface area contributed by atoms with E-state index in [1.54, 1.807) is 30.3 Å². The number of aromatic hydroxyl groups is 1. The Balaban J connectivity index is 1.87. The van der Waals surface area contributed by atoms with Crippen molar-refractivity contribution >= 4 is 22.8 Å². The molecule has 0 unspecified atom stereocenters. The first-order valence-electron chi connectivity index (χ1n) is 10.3. The SMILES string of the molecule is O=C(O)CCNC(=O)c1ncc2c(cc(Cc3ccccc3)c(=O)n2-c2ccccc2)c1O. The molecule has 0 aliphatic carbocycles. The van der Waals surface area contributed by atoms with Crippen molar-refractivity contribution in [2.45, 2.75) is 12.8 Å². The minimum absolute atomic E-state index is 0.101. The normalized spacial score (nSPS) is 10.8. The lowest BCUT2D eigenvalue weighted by atomic mass is 10.0. The number of carbonyl (C=O) groups excluding carboxylic acids is 1. The first kappa shape index (κ1) is 21.8. The molecule has 0 spiro atoms. The molecule has 0 aliphatic heterocycles. The van der Waals surface area contributed by atoms with Crippen LogP contribution in [-0.2, 0) is 11.2 Å². The van der Waals surface area contributed by atoms with Crippen molar-refractivity contribution in [3.63, 3.8) is 0 Å². The van der Waals surface area contributed by atoms with Crippen LogP contribution in [0.4, 0.5) is 0 Å². The number of fused-ring (bicyclic) bond motifs is 1. The number of benzene rings is 2. The third-order valence-corrected chi connectivity index (χ3v) is 5.20. The lowest BCUT2D eigenvalue weighted by Gasteiger charge is -2.15. The van der Waals surface area contributed by atoms with Crippen molar-refractivity contribution in [2.75, 3.05) is 6.54 Å². The van der Waals surface area contributed by atoms with Gasteiger partial charge in [-0.05, 0) is 23.8 Å². The van der Waals surface area contributed by atoms with Gasteiger partial charge in [-0.15, -0.1) is 0 Å². The first-order chi connectivity index (χ1) is 16.0. The number of hydrogen-bond donors (Lipinski definition) is 3. The Labute approximate surface area is 188 Å². The van der Waals surface area contributed by atoms with Crippen LogP contribution in [0.15, 0.2) is 77.7 Å². The maximum absolute atomic E-state index is 13.4. The fourth-order valence-electron chi connectivity index (χ4n) is 3.62. The number of hydrogen-bond acceptors (Lipinski definition) is 5. The van der Waals surface area contributed by atoms with E-state index in [0.29, 0.717) is 28.6 Å². The molecular formula is C25H21N3O5. The van der Waals surface area contributed by atoms with E-state index < -0.39 is 11.9 Å². The molecule has 0 radical (unpaired) electrons. The van der Waals surface area contributed by atoms with Crippen LogP contribution in [0.3, 0.4) is 0 Å². The van der Waals surface area contributed by atoms with Crippen molar-refractivity contribution in [3.05, 3.63) is 100 Å². The predicted molar refractivity (Wildman–Crippen MR) is 123 cm³/mol. The number of nitrogens with zero attached hydrogens (tertiary/aromatic N) is 2. The summed E-state index contributed by atoms with van der Waals surface area (Å²) in [5, 5.41) is 22.4. The molecule has 0 fully saturated rings. The second kappa shape index (κ2) is 9.35. The van der Waals surface area contributed by atoms with Gasteiger partial charge in [0, 0.05) is 29.6 Å². The van der Waals surface area contributed by atoms with Gasteiger partial charge < -0.3 is 15.5 Å². The summed E-state index contributed by atoms with van der Waals surface area (Å²) in [7, 11) is 0. The topological polar surface area (TPSA) is 122 Å². The van der Waals surface area contributed by atoms with Crippen LogP contribution in [0.1, 0.15) is 28.0 Å². The van der Waals surface area contributed by atoms with Gasteiger partial charge in [-0.3, -0.25) is 19.0 Å². The van der Waals surface area contributed by atoms with E-state index in [1.165, 1.54) is 10.8 Å². The second-order valence-corrected chi connectivity index (χ2v) is 7.46. The van der Waals surface area contributed by atoms with Gasteiger partial charge in [0.25, 0.3) is 11.5 Å². The number of nitrogens with one attached hydrogen (secondary N) is 1. The third kappa shape index (κ3) is 4.59. The van der Waals surface area contributed by atoms with Crippen LogP contribution in [0.2, 0.25) is 0 Å². The molecule has 4 aromatic rings. The fourth-order valence-corrected chi connectivity index (χ4v) is 3.62. The molecule has 8 heteroatoms. The molecule has 0 aliphatic rings. The van der Waals surface area contributed by atoms with Gasteiger partial charge in [0.15, 0.2) is 11.4 Å². The van der Waals surface area contributed by atoms with Gasteiger partial charge >= 0.3 is 5.97 Å². The summed E-state index contributed by atoms with van der Waals surface area (Å²) >= 11 is 0. The summed E-state index contributed by atoms with van der Waals surface area (Å²) < 4.78 is 1.46. The van der Waals surface area contributed by atoms with E-state index in [1.807, 2.05) is 36.4 Å². The molecule has 2 aromatic carbocycles. The summed E-state index contributed by atoms with van der Waals surface area (Å²) in [6.45, 7) is -0.101. The van der Waals surface area contributed by atoms with Crippen LogP contribution in [0.5, 0.6) is 5.75 Å². The molecule has 4 rings (SSSR count). The number of carbonyl (C=O) groups is 2. The average molecular weight is 443 g/mol. The maximum Gasteiger partial charge on any atom is 0.305 e. The van der Waals surface area contributed by atoms with E-state index in [9.17, 15) is 19.5 Å². The van der Waals surface area contributed by atoms with Gasteiger partial charge in [-0.1, -0.05) is 48.5 Å². The average Bonchev–Trinajstić information content (AvgIpc) is 2.81. The summed E-state index contributed by atoms with van der Waals surface area (Å²) in [5.74, 6) is -2.12. The van der Waals surface area contributed by atoms with Crippen molar-refractivity contribution in [2.24, 2.45) is 0 Å². The number of aliphatic carboxylic acids is 1. The number of carboxylic acids is 1. The molecule has 2 aromatic heterocycles. The van der Waals surface area contributed by atoms with Gasteiger partial charge in [0.2, 0.25) is 0 Å². The van der Waals surface area contributed by atoms with Crippen molar-refractivity contribution < 1.29 is 19.8 Å². The standard InChI is InChI=1S/C25H21N3O5/c29-21(30)11-12-26-24(32)22-23(31)19-14-17(13-16-7-3-1-4-8-16)25(33)28(20(19)15-27-22)18-9-5-2-6-10-18/h1-10,14-15,31H,11-13H2,(H,26,32)(H,29,30). The lowest BCUT2D eigenvalue weighted by molar-refractivity contribution is -0.136. The lowest BCUT2D eigenvalue weighted by Crippen LogP contribution is -2.27. The smallest absolute Gasteiger partial charge is 0.305 e. The summed E-state index contributed by atoms with van der Waals surface area (Å²) in [6.07, 6.45) is 1.45.